The van der Waals surface area contributed by atoms with E-state index in [2.05, 4.69) is 16.9 Å². The van der Waals surface area contributed by atoms with Crippen LogP contribution in [0.4, 0.5) is 0 Å². The van der Waals surface area contributed by atoms with E-state index in [-0.39, 0.29) is 5.25 Å². The molecule has 1 unspecified atom stereocenters. The quantitative estimate of drug-likeness (QED) is 0.728. The molecule has 1 N–H and O–H groups in total. The molecule has 0 heterocycles. The second-order valence-electron chi connectivity index (χ2n) is 4.09. The standard InChI is InChI=1S/C10H19NO2S/c1-9(2)14(12,13)11-8-10-6-4-3-5-7-10/h3-4,9-11H,5-8H2,1-2H3. The van der Waals surface area contributed by atoms with Crippen molar-refractivity contribution in [3.63, 3.8) is 0 Å². The molecule has 1 rings (SSSR count). The first-order valence-electron chi connectivity index (χ1n) is 5.16. The molecule has 1 atom stereocenters. The summed E-state index contributed by atoms with van der Waals surface area (Å²) in [4.78, 5) is 0. The Hall–Kier alpha value is -0.350. The number of nitrogens with one attached hydrogen (secondary N) is 1. The zero-order chi connectivity index (χ0) is 10.6. The summed E-state index contributed by atoms with van der Waals surface area (Å²) in [5.41, 5.74) is 0. The highest BCUT2D eigenvalue weighted by Gasteiger charge is 2.17. The number of hydrogen-bond acceptors (Lipinski definition) is 2. The first kappa shape index (κ1) is 11.7. The van der Waals surface area contributed by atoms with Crippen LogP contribution < -0.4 is 4.72 Å². The van der Waals surface area contributed by atoms with Gasteiger partial charge in [-0.3, -0.25) is 0 Å². The number of rotatable bonds is 4. The normalized spacial score (nSPS) is 22.9. The molecule has 0 aromatic carbocycles. The fourth-order valence-corrected chi connectivity index (χ4v) is 2.24. The zero-order valence-corrected chi connectivity index (χ0v) is 9.68. The fourth-order valence-electron chi connectivity index (χ4n) is 1.44. The average Bonchev–Trinajstić information content (AvgIpc) is 2.16. The van der Waals surface area contributed by atoms with E-state index in [0.717, 1.165) is 19.3 Å². The summed E-state index contributed by atoms with van der Waals surface area (Å²) < 4.78 is 25.6. The van der Waals surface area contributed by atoms with E-state index in [9.17, 15) is 8.42 Å². The molecule has 0 aromatic heterocycles. The van der Waals surface area contributed by atoms with Crippen LogP contribution in [0.2, 0.25) is 0 Å². The van der Waals surface area contributed by atoms with Gasteiger partial charge in [-0.05, 0) is 39.0 Å². The van der Waals surface area contributed by atoms with Crippen molar-refractivity contribution in [1.82, 2.24) is 4.72 Å². The Kier molecular flexibility index (Phi) is 4.13. The van der Waals surface area contributed by atoms with Crippen LogP contribution in [-0.2, 0) is 10.0 Å². The minimum atomic E-state index is -3.07. The maximum absolute atomic E-state index is 11.4. The fraction of sp³-hybridized carbons (Fsp3) is 0.800. The van der Waals surface area contributed by atoms with E-state index in [1.807, 2.05) is 0 Å². The Bertz CT molecular complexity index is 293. The molecule has 1 aliphatic carbocycles. The maximum Gasteiger partial charge on any atom is 0.213 e. The molecule has 0 spiro atoms. The summed E-state index contributed by atoms with van der Waals surface area (Å²) in [6.07, 6.45) is 7.47. The van der Waals surface area contributed by atoms with Gasteiger partial charge in [0, 0.05) is 6.54 Å². The highest BCUT2D eigenvalue weighted by Crippen LogP contribution is 2.17. The highest BCUT2D eigenvalue weighted by molar-refractivity contribution is 7.90. The summed E-state index contributed by atoms with van der Waals surface area (Å²) in [6, 6.07) is 0. The van der Waals surface area contributed by atoms with Gasteiger partial charge in [0.1, 0.15) is 0 Å². The van der Waals surface area contributed by atoms with Crippen LogP contribution in [0.1, 0.15) is 33.1 Å². The predicted octanol–water partition coefficient (Wildman–Crippen LogP) is 1.67. The summed E-state index contributed by atoms with van der Waals surface area (Å²) >= 11 is 0. The number of hydrogen-bond donors (Lipinski definition) is 1. The lowest BCUT2D eigenvalue weighted by atomic mass is 9.95. The monoisotopic (exact) mass is 217 g/mol. The topological polar surface area (TPSA) is 46.2 Å². The molecule has 82 valence electrons. The summed E-state index contributed by atoms with van der Waals surface area (Å²) in [5.74, 6) is 0.480. The average molecular weight is 217 g/mol. The molecular formula is C10H19NO2S. The first-order chi connectivity index (χ1) is 6.52. The molecule has 0 amide bonds. The molecule has 0 bridgehead atoms. The van der Waals surface area contributed by atoms with Crippen LogP contribution in [0.5, 0.6) is 0 Å². The third-order valence-corrected chi connectivity index (χ3v) is 4.38. The second-order valence-corrected chi connectivity index (χ2v) is 6.41. The Morgan fingerprint density at radius 1 is 1.43 bits per heavy atom. The predicted molar refractivity (Wildman–Crippen MR) is 58.5 cm³/mol. The Morgan fingerprint density at radius 2 is 2.14 bits per heavy atom. The van der Waals surface area contributed by atoms with Crippen molar-refractivity contribution in [1.29, 1.82) is 0 Å². The van der Waals surface area contributed by atoms with Crippen molar-refractivity contribution in [3.8, 4) is 0 Å². The summed E-state index contributed by atoms with van der Waals surface area (Å²) in [5, 5.41) is -0.332. The van der Waals surface area contributed by atoms with E-state index in [4.69, 9.17) is 0 Å². The third-order valence-electron chi connectivity index (χ3n) is 2.57. The van der Waals surface area contributed by atoms with Gasteiger partial charge in [0.15, 0.2) is 0 Å². The maximum atomic E-state index is 11.4. The van der Waals surface area contributed by atoms with Gasteiger partial charge in [0.05, 0.1) is 5.25 Å². The van der Waals surface area contributed by atoms with Crippen molar-refractivity contribution in [2.75, 3.05) is 6.54 Å². The molecule has 0 aromatic rings. The molecule has 4 heteroatoms. The van der Waals surface area contributed by atoms with Crippen LogP contribution in [0.3, 0.4) is 0 Å². The van der Waals surface area contributed by atoms with Crippen LogP contribution in [0.25, 0.3) is 0 Å². The van der Waals surface area contributed by atoms with Crippen LogP contribution in [0.15, 0.2) is 12.2 Å². The molecule has 1 aliphatic rings. The smallest absolute Gasteiger partial charge is 0.213 e. The van der Waals surface area contributed by atoms with Crippen LogP contribution in [-0.4, -0.2) is 20.2 Å². The van der Waals surface area contributed by atoms with E-state index in [0.29, 0.717) is 12.5 Å². The molecule has 0 saturated carbocycles. The Morgan fingerprint density at radius 3 is 2.64 bits per heavy atom. The molecule has 3 nitrogen and oxygen atoms in total. The minimum absolute atomic E-state index is 0.332. The lowest BCUT2D eigenvalue weighted by Gasteiger charge is -2.19. The van der Waals surface area contributed by atoms with Gasteiger partial charge in [0.25, 0.3) is 0 Å². The molecular weight excluding hydrogens is 198 g/mol. The molecule has 0 radical (unpaired) electrons. The minimum Gasteiger partial charge on any atom is -0.215 e. The molecule has 0 fully saturated rings. The van der Waals surface area contributed by atoms with Gasteiger partial charge in [-0.1, -0.05) is 12.2 Å². The first-order valence-corrected chi connectivity index (χ1v) is 6.70. The van der Waals surface area contributed by atoms with Crippen LogP contribution >= 0.6 is 0 Å². The summed E-state index contributed by atoms with van der Waals surface area (Å²) in [7, 11) is -3.07. The van der Waals surface area contributed by atoms with Crippen molar-refractivity contribution >= 4 is 10.0 Å². The Labute approximate surface area is 86.6 Å². The van der Waals surface area contributed by atoms with Gasteiger partial charge in [0.2, 0.25) is 10.0 Å². The molecule has 0 saturated heterocycles. The van der Waals surface area contributed by atoms with Gasteiger partial charge in [-0.15, -0.1) is 0 Å². The van der Waals surface area contributed by atoms with Crippen LogP contribution in [0, 0.1) is 5.92 Å². The van der Waals surface area contributed by atoms with E-state index < -0.39 is 10.0 Å². The van der Waals surface area contributed by atoms with Gasteiger partial charge >= 0.3 is 0 Å². The lowest BCUT2D eigenvalue weighted by molar-refractivity contribution is 0.466. The van der Waals surface area contributed by atoms with Crippen molar-refractivity contribution in [2.24, 2.45) is 5.92 Å². The van der Waals surface area contributed by atoms with Crippen molar-refractivity contribution in [2.45, 2.75) is 38.4 Å². The van der Waals surface area contributed by atoms with E-state index >= 15 is 0 Å². The van der Waals surface area contributed by atoms with Gasteiger partial charge in [-0.25, -0.2) is 13.1 Å². The molecule has 0 aliphatic heterocycles. The largest absolute Gasteiger partial charge is 0.215 e. The van der Waals surface area contributed by atoms with Gasteiger partial charge < -0.3 is 0 Å². The summed E-state index contributed by atoms with van der Waals surface area (Å²) in [6.45, 7) is 3.98. The number of allylic oxidation sites excluding steroid dienone is 2. The van der Waals surface area contributed by atoms with Gasteiger partial charge in [-0.2, -0.15) is 0 Å². The van der Waals surface area contributed by atoms with E-state index in [1.54, 1.807) is 13.8 Å². The third kappa shape index (κ3) is 3.42. The second kappa shape index (κ2) is 4.94. The van der Waals surface area contributed by atoms with E-state index in [1.165, 1.54) is 0 Å². The molecule has 14 heavy (non-hydrogen) atoms. The van der Waals surface area contributed by atoms with Crippen molar-refractivity contribution < 1.29 is 8.42 Å². The zero-order valence-electron chi connectivity index (χ0n) is 8.86. The number of sulfonamides is 1. The highest BCUT2D eigenvalue weighted by atomic mass is 32.2. The Balaban J connectivity index is 2.37. The van der Waals surface area contributed by atoms with Crippen molar-refractivity contribution in [3.05, 3.63) is 12.2 Å². The lowest BCUT2D eigenvalue weighted by Crippen LogP contribution is -2.34. The SMILES string of the molecule is CC(C)S(=O)(=O)NCC1CC=CCC1.